The normalized spacial score (nSPS) is 21.8. The average Bonchev–Trinajstić information content (AvgIpc) is 2.81. The highest BCUT2D eigenvalue weighted by molar-refractivity contribution is 5.30. The van der Waals surface area contributed by atoms with Crippen LogP contribution in [0.4, 0.5) is 8.78 Å². The first-order valence-corrected chi connectivity index (χ1v) is 5.47. The van der Waals surface area contributed by atoms with Gasteiger partial charge in [-0.25, -0.2) is 0 Å². The van der Waals surface area contributed by atoms with Gasteiger partial charge in [0.2, 0.25) is 0 Å². The highest BCUT2D eigenvalue weighted by Gasteiger charge is 2.25. The van der Waals surface area contributed by atoms with Gasteiger partial charge in [0, 0.05) is 12.5 Å². The molecule has 0 aromatic heterocycles. The second-order valence-electron chi connectivity index (χ2n) is 4.02. The third kappa shape index (κ3) is 3.14. The second-order valence-corrected chi connectivity index (χ2v) is 4.02. The standard InChI is InChI=1S/C12H14F2O3/c13-12(14)17-10-3-1-2-8(6-10)11(15)9-4-5-16-7-9/h1-3,6,9,11-12,15H,4-5,7H2. The molecule has 17 heavy (non-hydrogen) atoms. The monoisotopic (exact) mass is 244 g/mol. The lowest BCUT2D eigenvalue weighted by molar-refractivity contribution is -0.0500. The van der Waals surface area contributed by atoms with Crippen LogP contribution in [-0.2, 0) is 4.74 Å². The number of alkyl halides is 2. The van der Waals surface area contributed by atoms with Crippen LogP contribution in [0.2, 0.25) is 0 Å². The Hall–Kier alpha value is -1.20. The Morgan fingerprint density at radius 3 is 2.88 bits per heavy atom. The van der Waals surface area contributed by atoms with Gasteiger partial charge in [0.1, 0.15) is 5.75 Å². The molecule has 1 saturated heterocycles. The summed E-state index contributed by atoms with van der Waals surface area (Å²) in [5, 5.41) is 10.1. The third-order valence-corrected chi connectivity index (χ3v) is 2.84. The summed E-state index contributed by atoms with van der Waals surface area (Å²) in [5.74, 6) is 0.0901. The van der Waals surface area contributed by atoms with Crippen molar-refractivity contribution in [2.75, 3.05) is 13.2 Å². The smallest absolute Gasteiger partial charge is 0.387 e. The Morgan fingerprint density at radius 2 is 2.24 bits per heavy atom. The number of halogens is 2. The van der Waals surface area contributed by atoms with Gasteiger partial charge in [0.05, 0.1) is 12.7 Å². The van der Waals surface area contributed by atoms with Gasteiger partial charge >= 0.3 is 6.61 Å². The van der Waals surface area contributed by atoms with Gasteiger partial charge < -0.3 is 14.6 Å². The molecule has 0 saturated carbocycles. The number of rotatable bonds is 4. The molecular formula is C12H14F2O3. The molecule has 2 rings (SSSR count). The predicted molar refractivity (Wildman–Crippen MR) is 57.0 cm³/mol. The first-order chi connectivity index (χ1) is 8.16. The van der Waals surface area contributed by atoms with Crippen molar-refractivity contribution < 1.29 is 23.4 Å². The number of benzene rings is 1. The third-order valence-electron chi connectivity index (χ3n) is 2.84. The van der Waals surface area contributed by atoms with Crippen molar-refractivity contribution in [3.8, 4) is 5.75 Å². The van der Waals surface area contributed by atoms with Gasteiger partial charge in [0.25, 0.3) is 0 Å². The lowest BCUT2D eigenvalue weighted by Gasteiger charge is -2.17. The van der Waals surface area contributed by atoms with E-state index < -0.39 is 12.7 Å². The molecule has 1 aromatic carbocycles. The fourth-order valence-electron chi connectivity index (χ4n) is 1.95. The zero-order chi connectivity index (χ0) is 12.3. The summed E-state index contributed by atoms with van der Waals surface area (Å²) in [4.78, 5) is 0. The summed E-state index contributed by atoms with van der Waals surface area (Å²) in [6.07, 6.45) is 0.0832. The van der Waals surface area contributed by atoms with Gasteiger partial charge in [-0.1, -0.05) is 12.1 Å². The molecule has 1 N–H and O–H groups in total. The van der Waals surface area contributed by atoms with E-state index in [1.807, 2.05) is 0 Å². The van der Waals surface area contributed by atoms with Crippen molar-refractivity contribution in [1.82, 2.24) is 0 Å². The maximum atomic E-state index is 12.0. The van der Waals surface area contributed by atoms with Crippen molar-refractivity contribution in [1.29, 1.82) is 0 Å². The number of aliphatic hydroxyl groups is 1. The van der Waals surface area contributed by atoms with Crippen LogP contribution in [0.5, 0.6) is 5.75 Å². The van der Waals surface area contributed by atoms with Crippen LogP contribution < -0.4 is 4.74 Å². The minimum Gasteiger partial charge on any atom is -0.435 e. The molecule has 0 spiro atoms. The summed E-state index contributed by atoms with van der Waals surface area (Å²) < 4.78 is 33.6. The fourth-order valence-corrected chi connectivity index (χ4v) is 1.95. The molecule has 1 heterocycles. The minimum atomic E-state index is -2.85. The number of ether oxygens (including phenoxy) is 2. The Bertz CT molecular complexity index is 365. The summed E-state index contributed by atoms with van der Waals surface area (Å²) in [6.45, 7) is -1.71. The van der Waals surface area contributed by atoms with Crippen molar-refractivity contribution in [2.24, 2.45) is 5.92 Å². The van der Waals surface area contributed by atoms with Crippen LogP contribution in [0.3, 0.4) is 0 Å². The molecule has 1 aromatic rings. The van der Waals surface area contributed by atoms with E-state index in [9.17, 15) is 13.9 Å². The summed E-state index contributed by atoms with van der Waals surface area (Å²) in [6, 6.07) is 6.16. The van der Waals surface area contributed by atoms with E-state index in [1.54, 1.807) is 12.1 Å². The summed E-state index contributed by atoms with van der Waals surface area (Å²) in [7, 11) is 0. The van der Waals surface area contributed by atoms with Crippen molar-refractivity contribution in [3.05, 3.63) is 29.8 Å². The molecule has 0 bridgehead atoms. The molecule has 0 amide bonds. The van der Waals surface area contributed by atoms with E-state index in [0.29, 0.717) is 18.8 Å². The lowest BCUT2D eigenvalue weighted by atomic mass is 9.95. The maximum Gasteiger partial charge on any atom is 0.387 e. The second kappa shape index (κ2) is 5.42. The molecular weight excluding hydrogens is 230 g/mol. The molecule has 94 valence electrons. The van der Waals surface area contributed by atoms with E-state index in [1.165, 1.54) is 12.1 Å². The molecule has 3 nitrogen and oxygen atoms in total. The molecule has 1 aliphatic heterocycles. The zero-order valence-corrected chi connectivity index (χ0v) is 9.18. The largest absolute Gasteiger partial charge is 0.435 e. The first-order valence-electron chi connectivity index (χ1n) is 5.47. The average molecular weight is 244 g/mol. The van der Waals surface area contributed by atoms with Crippen LogP contribution in [0.25, 0.3) is 0 Å². The number of hydrogen-bond acceptors (Lipinski definition) is 3. The predicted octanol–water partition coefficient (Wildman–Crippen LogP) is 2.36. The first kappa shape index (κ1) is 12.3. The van der Waals surface area contributed by atoms with Gasteiger partial charge in [-0.2, -0.15) is 8.78 Å². The molecule has 0 radical (unpaired) electrons. The Kier molecular flexibility index (Phi) is 3.91. The zero-order valence-electron chi connectivity index (χ0n) is 9.18. The van der Waals surface area contributed by atoms with E-state index >= 15 is 0 Å². The van der Waals surface area contributed by atoms with Gasteiger partial charge in [-0.3, -0.25) is 0 Å². The molecule has 1 fully saturated rings. The van der Waals surface area contributed by atoms with Crippen molar-refractivity contribution in [2.45, 2.75) is 19.1 Å². The molecule has 5 heteroatoms. The fraction of sp³-hybridized carbons (Fsp3) is 0.500. The molecule has 2 atom stereocenters. The quantitative estimate of drug-likeness (QED) is 0.883. The highest BCUT2D eigenvalue weighted by Crippen LogP contribution is 2.30. The number of aliphatic hydroxyl groups excluding tert-OH is 1. The van der Waals surface area contributed by atoms with Crippen LogP contribution in [-0.4, -0.2) is 24.9 Å². The minimum absolute atomic E-state index is 0.0248. The van der Waals surface area contributed by atoms with Crippen LogP contribution >= 0.6 is 0 Å². The van der Waals surface area contributed by atoms with Gasteiger partial charge in [-0.15, -0.1) is 0 Å². The van der Waals surface area contributed by atoms with E-state index in [-0.39, 0.29) is 11.7 Å². The lowest BCUT2D eigenvalue weighted by Crippen LogP contribution is -2.12. The maximum absolute atomic E-state index is 12.0. The Balaban J connectivity index is 2.09. The van der Waals surface area contributed by atoms with E-state index in [2.05, 4.69) is 4.74 Å². The molecule has 0 aliphatic carbocycles. The van der Waals surface area contributed by atoms with E-state index in [4.69, 9.17) is 4.74 Å². The summed E-state index contributed by atoms with van der Waals surface area (Å²) in [5.41, 5.74) is 0.582. The SMILES string of the molecule is OC(c1cccc(OC(F)F)c1)C1CCOC1. The van der Waals surface area contributed by atoms with Gasteiger partial charge in [-0.05, 0) is 24.1 Å². The van der Waals surface area contributed by atoms with Crippen LogP contribution in [0.15, 0.2) is 24.3 Å². The van der Waals surface area contributed by atoms with E-state index in [0.717, 1.165) is 6.42 Å². The molecule has 1 aliphatic rings. The summed E-state index contributed by atoms with van der Waals surface area (Å²) >= 11 is 0. The van der Waals surface area contributed by atoms with Crippen LogP contribution in [0, 0.1) is 5.92 Å². The Morgan fingerprint density at radius 1 is 1.41 bits per heavy atom. The topological polar surface area (TPSA) is 38.7 Å². The van der Waals surface area contributed by atoms with Crippen molar-refractivity contribution >= 4 is 0 Å². The van der Waals surface area contributed by atoms with Crippen LogP contribution in [0.1, 0.15) is 18.1 Å². The highest BCUT2D eigenvalue weighted by atomic mass is 19.3. The van der Waals surface area contributed by atoms with Gasteiger partial charge in [0.15, 0.2) is 0 Å². The molecule has 2 unspecified atom stereocenters. The Labute approximate surface area is 98.0 Å². The number of hydrogen-bond donors (Lipinski definition) is 1. The van der Waals surface area contributed by atoms with Crippen molar-refractivity contribution in [3.63, 3.8) is 0 Å².